The van der Waals surface area contributed by atoms with Crippen LogP contribution in [0.3, 0.4) is 0 Å². The number of ether oxygens (including phenoxy) is 3. The lowest BCUT2D eigenvalue weighted by molar-refractivity contribution is 0.133. The molecule has 1 saturated carbocycles. The Hall–Kier alpha value is -1.95. The molecule has 3 rings (SSSR count). The largest absolute Gasteiger partial charge is 0.493 e. The highest BCUT2D eigenvalue weighted by Gasteiger charge is 2.34. The summed E-state index contributed by atoms with van der Waals surface area (Å²) >= 11 is 0. The normalized spacial score (nSPS) is 21.1. The average Bonchev–Trinajstić information content (AvgIpc) is 3.00. The first-order chi connectivity index (χ1) is 13.8. The van der Waals surface area contributed by atoms with Crippen LogP contribution in [0.5, 0.6) is 23.0 Å². The second kappa shape index (κ2) is 10.4. The maximum absolute atomic E-state index is 10.4. The molecule has 0 bridgehead atoms. The van der Waals surface area contributed by atoms with Crippen LogP contribution in [-0.2, 0) is 6.42 Å². The number of hydrogen-bond donors (Lipinski definition) is 2. The molecule has 0 amide bonds. The van der Waals surface area contributed by atoms with Gasteiger partial charge in [-0.1, -0.05) is 12.1 Å². The molecule has 0 unspecified atom stereocenters. The van der Waals surface area contributed by atoms with Crippen molar-refractivity contribution in [3.05, 3.63) is 48.0 Å². The molecule has 0 aromatic heterocycles. The number of nitrogens with one attached hydrogen (secondary N) is 1. The Bertz CT molecular complexity index is 804. The van der Waals surface area contributed by atoms with Crippen molar-refractivity contribution < 1.29 is 19.3 Å². The minimum absolute atomic E-state index is 0. The first kappa shape index (κ1) is 24.3. The second-order valence-electron chi connectivity index (χ2n) is 8.87. The monoisotopic (exact) mass is 435 g/mol. The minimum atomic E-state index is -0.271. The molecule has 6 heteroatoms. The smallest absolute Gasteiger partial charge is 0.164 e. The summed E-state index contributed by atoms with van der Waals surface area (Å²) < 4.78 is 16.5. The first-order valence-electron chi connectivity index (χ1n) is 10.2. The van der Waals surface area contributed by atoms with Gasteiger partial charge in [0.05, 0.1) is 20.3 Å². The molecule has 1 aliphatic carbocycles. The summed E-state index contributed by atoms with van der Waals surface area (Å²) in [7, 11) is 3.22. The molecule has 2 aromatic rings. The molecule has 2 N–H and O–H groups in total. The molecule has 2 aromatic carbocycles. The van der Waals surface area contributed by atoms with E-state index in [9.17, 15) is 5.11 Å². The molecular weight excluding hydrogens is 402 g/mol. The van der Waals surface area contributed by atoms with E-state index in [0.29, 0.717) is 23.2 Å². The maximum Gasteiger partial charge on any atom is 0.164 e. The van der Waals surface area contributed by atoms with Crippen molar-refractivity contribution in [3.8, 4) is 23.0 Å². The van der Waals surface area contributed by atoms with Gasteiger partial charge in [-0.3, -0.25) is 0 Å². The van der Waals surface area contributed by atoms with Crippen molar-refractivity contribution in [2.45, 2.75) is 57.7 Å². The molecule has 30 heavy (non-hydrogen) atoms. The van der Waals surface area contributed by atoms with Crippen LogP contribution in [0.4, 0.5) is 0 Å². The van der Waals surface area contributed by atoms with Crippen LogP contribution in [0.25, 0.3) is 0 Å². The maximum atomic E-state index is 10.4. The van der Waals surface area contributed by atoms with Crippen molar-refractivity contribution in [3.63, 3.8) is 0 Å². The lowest BCUT2D eigenvalue weighted by Gasteiger charge is -2.27. The fourth-order valence-electron chi connectivity index (χ4n) is 4.04. The lowest BCUT2D eigenvalue weighted by Crippen LogP contribution is -2.47. The zero-order valence-corrected chi connectivity index (χ0v) is 19.3. The van der Waals surface area contributed by atoms with E-state index >= 15 is 0 Å². The summed E-state index contributed by atoms with van der Waals surface area (Å²) in [4.78, 5) is 0. The van der Waals surface area contributed by atoms with Crippen molar-refractivity contribution in [1.82, 2.24) is 5.32 Å². The Morgan fingerprint density at radius 2 is 1.57 bits per heavy atom. The van der Waals surface area contributed by atoms with E-state index in [1.165, 1.54) is 5.56 Å². The van der Waals surface area contributed by atoms with E-state index in [0.717, 1.165) is 25.0 Å². The van der Waals surface area contributed by atoms with Crippen molar-refractivity contribution in [1.29, 1.82) is 0 Å². The molecule has 1 aliphatic rings. The molecule has 5 nitrogen and oxygen atoms in total. The predicted octanol–water partition coefficient (Wildman–Crippen LogP) is 4.99. The zero-order valence-electron chi connectivity index (χ0n) is 18.5. The molecule has 0 radical (unpaired) electrons. The van der Waals surface area contributed by atoms with Gasteiger partial charge in [0.25, 0.3) is 0 Å². The van der Waals surface area contributed by atoms with Gasteiger partial charge < -0.3 is 24.6 Å². The van der Waals surface area contributed by atoms with Gasteiger partial charge in [0.15, 0.2) is 11.5 Å². The quantitative estimate of drug-likeness (QED) is 0.641. The molecule has 0 saturated heterocycles. The Kier molecular flexibility index (Phi) is 8.42. The highest BCUT2D eigenvalue weighted by molar-refractivity contribution is 5.85. The third kappa shape index (κ3) is 6.53. The highest BCUT2D eigenvalue weighted by atomic mass is 35.5. The van der Waals surface area contributed by atoms with Gasteiger partial charge in [-0.2, -0.15) is 0 Å². The molecule has 0 aliphatic heterocycles. The van der Waals surface area contributed by atoms with E-state index < -0.39 is 0 Å². The molecule has 0 spiro atoms. The number of methoxy groups -OCH3 is 2. The van der Waals surface area contributed by atoms with Crippen molar-refractivity contribution in [2.24, 2.45) is 5.92 Å². The first-order valence-corrected chi connectivity index (χ1v) is 10.2. The lowest BCUT2D eigenvalue weighted by atomic mass is 9.97. The van der Waals surface area contributed by atoms with E-state index in [-0.39, 0.29) is 30.1 Å². The number of halogens is 1. The number of benzene rings is 2. The summed E-state index contributed by atoms with van der Waals surface area (Å²) in [5.74, 6) is 3.28. The minimum Gasteiger partial charge on any atom is -0.493 e. The van der Waals surface area contributed by atoms with E-state index in [1.54, 1.807) is 14.2 Å². The van der Waals surface area contributed by atoms with Crippen molar-refractivity contribution in [2.75, 3.05) is 14.2 Å². The summed E-state index contributed by atoms with van der Waals surface area (Å²) in [6.45, 7) is 6.43. The molecule has 0 heterocycles. The van der Waals surface area contributed by atoms with Gasteiger partial charge >= 0.3 is 0 Å². The zero-order chi connectivity index (χ0) is 21.0. The van der Waals surface area contributed by atoms with Gasteiger partial charge in [-0.25, -0.2) is 0 Å². The fourth-order valence-corrected chi connectivity index (χ4v) is 4.04. The third-order valence-corrected chi connectivity index (χ3v) is 5.28. The van der Waals surface area contributed by atoms with Crippen LogP contribution in [-0.4, -0.2) is 37.0 Å². The summed E-state index contributed by atoms with van der Waals surface area (Å²) in [6, 6.07) is 13.9. The van der Waals surface area contributed by atoms with Crippen LogP contribution in [0.2, 0.25) is 0 Å². The summed E-state index contributed by atoms with van der Waals surface area (Å²) in [5.41, 5.74) is 1.28. The van der Waals surface area contributed by atoms with E-state index in [1.807, 2.05) is 30.3 Å². The van der Waals surface area contributed by atoms with Crippen LogP contribution in [0.15, 0.2) is 42.5 Å². The summed E-state index contributed by atoms with van der Waals surface area (Å²) in [5, 5.41) is 13.9. The third-order valence-electron chi connectivity index (χ3n) is 5.28. The Morgan fingerprint density at radius 3 is 2.17 bits per heavy atom. The predicted molar refractivity (Wildman–Crippen MR) is 122 cm³/mol. The van der Waals surface area contributed by atoms with E-state index in [2.05, 4.69) is 38.2 Å². The van der Waals surface area contributed by atoms with Crippen LogP contribution in [0.1, 0.15) is 39.2 Å². The molecule has 1 fully saturated rings. The molecular formula is C24H34ClNO4. The molecule has 166 valence electrons. The van der Waals surface area contributed by atoms with Gasteiger partial charge in [-0.15, -0.1) is 12.4 Å². The number of rotatable bonds is 7. The van der Waals surface area contributed by atoms with E-state index in [4.69, 9.17) is 14.2 Å². The van der Waals surface area contributed by atoms with Gasteiger partial charge in [0, 0.05) is 17.6 Å². The van der Waals surface area contributed by atoms with Crippen molar-refractivity contribution >= 4 is 12.4 Å². The number of aliphatic hydroxyl groups excluding tert-OH is 1. The van der Waals surface area contributed by atoms with Crippen LogP contribution in [0, 0.1) is 5.92 Å². The Balaban J connectivity index is 0.00000320. The van der Waals surface area contributed by atoms with Gasteiger partial charge in [-0.05, 0) is 75.8 Å². The Labute approximate surface area is 186 Å². The van der Waals surface area contributed by atoms with Crippen LogP contribution < -0.4 is 19.5 Å². The second-order valence-corrected chi connectivity index (χ2v) is 8.87. The van der Waals surface area contributed by atoms with Crippen LogP contribution >= 0.6 is 12.4 Å². The molecule has 3 atom stereocenters. The average molecular weight is 436 g/mol. The summed E-state index contributed by atoms with van der Waals surface area (Å²) in [6.07, 6.45) is 2.54. The number of aliphatic hydroxyl groups is 1. The Morgan fingerprint density at radius 1 is 0.933 bits per heavy atom. The van der Waals surface area contributed by atoms with Gasteiger partial charge in [0.1, 0.15) is 11.5 Å². The van der Waals surface area contributed by atoms with Gasteiger partial charge in [0.2, 0.25) is 0 Å². The number of hydrogen-bond acceptors (Lipinski definition) is 5. The topological polar surface area (TPSA) is 60.0 Å². The standard InChI is InChI=1S/C24H33NO4.ClH/c1-24(2,3)25-20-13-17(14-21(20)26)12-16-6-8-18(9-7-16)29-19-10-11-22(27-4)23(15-19)28-5;/h6-11,15,17,20-21,25-26H,12-14H2,1-5H3;1H/t17-,20-,21-;/m0./s1. The fraction of sp³-hybridized carbons (Fsp3) is 0.500. The SMILES string of the molecule is COc1ccc(Oc2ccc(C[C@H]3C[C@H](NC(C)(C)C)[C@@H](O)C3)cc2)cc1OC.Cl. The highest BCUT2D eigenvalue weighted by Crippen LogP contribution is 2.34.